The van der Waals surface area contributed by atoms with E-state index in [-0.39, 0.29) is 34.7 Å². The quantitative estimate of drug-likeness (QED) is 0.160. The van der Waals surface area contributed by atoms with Crippen molar-refractivity contribution in [2.24, 2.45) is 4.99 Å². The number of aliphatic imine (C=N–C) groups is 1. The van der Waals surface area contributed by atoms with Crippen molar-refractivity contribution in [3.05, 3.63) is 84.2 Å². The van der Waals surface area contributed by atoms with E-state index in [4.69, 9.17) is 9.57 Å². The Morgan fingerprint density at radius 1 is 1.02 bits per heavy atom. The summed E-state index contributed by atoms with van der Waals surface area (Å²) in [6.07, 6.45) is -8.00. The summed E-state index contributed by atoms with van der Waals surface area (Å²) in [7, 11) is 0. The fourth-order valence-corrected chi connectivity index (χ4v) is 4.99. The minimum atomic E-state index is -4.80. The average molecular weight is 681 g/mol. The fraction of sp³-hybridized carbons (Fsp3) is 0.207. The molecule has 0 saturated carbocycles. The molecular weight excluding hydrogens is 658 g/mol. The van der Waals surface area contributed by atoms with Gasteiger partial charge in [0.1, 0.15) is 17.8 Å². The number of aryl methyl sites for hydroxylation is 1. The molecule has 0 atom stereocenters. The topological polar surface area (TPSA) is 120 Å². The van der Waals surface area contributed by atoms with Gasteiger partial charge in [-0.2, -0.15) is 18.2 Å². The highest BCUT2D eigenvalue weighted by atomic mass is 32.2. The minimum absolute atomic E-state index is 0.0181. The van der Waals surface area contributed by atoms with E-state index in [2.05, 4.69) is 25.3 Å². The first kappa shape index (κ1) is 33.3. The molecule has 11 nitrogen and oxygen atoms in total. The summed E-state index contributed by atoms with van der Waals surface area (Å²) in [6, 6.07) is 15.2. The third-order valence-corrected chi connectivity index (χ3v) is 7.07. The van der Waals surface area contributed by atoms with Crippen LogP contribution in [0.1, 0.15) is 11.1 Å². The smallest absolute Gasteiger partial charge is 0.482 e. The van der Waals surface area contributed by atoms with E-state index in [0.29, 0.717) is 28.2 Å². The van der Waals surface area contributed by atoms with Crippen LogP contribution in [0.25, 0.3) is 17.1 Å². The number of carbonyl (C=O) groups is 2. The predicted octanol–water partition coefficient (Wildman–Crippen LogP) is 6.36. The van der Waals surface area contributed by atoms with Gasteiger partial charge in [0.15, 0.2) is 17.6 Å². The molecule has 5 rings (SSSR count). The van der Waals surface area contributed by atoms with Crippen LogP contribution in [-0.2, 0) is 16.2 Å². The van der Waals surface area contributed by atoms with Gasteiger partial charge in [0, 0.05) is 5.56 Å². The second kappa shape index (κ2) is 13.7. The van der Waals surface area contributed by atoms with E-state index in [1.165, 1.54) is 41.3 Å². The first-order chi connectivity index (χ1) is 22.2. The molecule has 1 fully saturated rings. The maximum Gasteiger partial charge on any atom is 0.573 e. The highest BCUT2D eigenvalue weighted by Gasteiger charge is 2.34. The number of anilines is 1. The number of nitrogens with one attached hydrogen (secondary N) is 1. The van der Waals surface area contributed by atoms with E-state index in [9.17, 15) is 35.9 Å². The van der Waals surface area contributed by atoms with Gasteiger partial charge in [0.2, 0.25) is 5.91 Å². The second-order valence-electron chi connectivity index (χ2n) is 9.73. The van der Waals surface area contributed by atoms with Crippen LogP contribution in [0.4, 0.5) is 36.8 Å². The highest BCUT2D eigenvalue weighted by molar-refractivity contribution is 8.15. The number of amidine groups is 1. The van der Waals surface area contributed by atoms with Crippen LogP contribution >= 0.6 is 11.8 Å². The number of hydrogen-bond donors (Lipinski definition) is 1. The Morgan fingerprint density at radius 3 is 2.43 bits per heavy atom. The normalized spacial score (nSPS) is 14.5. The van der Waals surface area contributed by atoms with Crippen molar-refractivity contribution in [2.45, 2.75) is 26.1 Å². The number of thioether (sulfide) groups is 1. The maximum atomic E-state index is 12.8. The van der Waals surface area contributed by atoms with Crippen LogP contribution in [0.2, 0.25) is 0 Å². The summed E-state index contributed by atoms with van der Waals surface area (Å²) < 4.78 is 85.6. The molecule has 3 amide bonds. The molecular formula is C29H22F6N6O5S. The number of hydrogen-bond acceptors (Lipinski definition) is 8. The first-order valence-electron chi connectivity index (χ1n) is 13.4. The van der Waals surface area contributed by atoms with E-state index in [1.807, 2.05) is 0 Å². The molecule has 47 heavy (non-hydrogen) atoms. The molecule has 1 saturated heterocycles. The van der Waals surface area contributed by atoms with E-state index < -0.39 is 31.1 Å². The van der Waals surface area contributed by atoms with Crippen LogP contribution in [0, 0.1) is 6.92 Å². The van der Waals surface area contributed by atoms with Crippen molar-refractivity contribution in [1.82, 2.24) is 20.2 Å². The monoisotopic (exact) mass is 680 g/mol. The average Bonchev–Trinajstić information content (AvgIpc) is 3.63. The molecule has 0 unspecified atom stereocenters. The molecule has 18 heteroatoms. The number of amides is 3. The zero-order valence-corrected chi connectivity index (χ0v) is 24.8. The van der Waals surface area contributed by atoms with Crippen molar-refractivity contribution < 1.29 is 50.2 Å². The number of ether oxygens (including phenoxy) is 2. The minimum Gasteiger partial charge on any atom is -0.482 e. The SMILES string of the molecule is Cc1ccc(OCC(F)(F)F)c(N2C(=O)CSC2=NC(=O)NOCc2ccc(-c3ncn(-c4ccc(OC(F)(F)F)cc4)n3)cc2)c1. The van der Waals surface area contributed by atoms with Crippen LogP contribution in [-0.4, -0.2) is 56.8 Å². The summed E-state index contributed by atoms with van der Waals surface area (Å²) in [5.74, 6) is -0.829. The molecule has 0 bridgehead atoms. The van der Waals surface area contributed by atoms with Crippen LogP contribution in [0.5, 0.6) is 11.5 Å². The molecule has 0 radical (unpaired) electrons. The van der Waals surface area contributed by atoms with E-state index in [1.54, 1.807) is 31.2 Å². The lowest BCUT2D eigenvalue weighted by Crippen LogP contribution is -2.32. The summed E-state index contributed by atoms with van der Waals surface area (Å²) in [5, 5.41) is 4.27. The third-order valence-electron chi connectivity index (χ3n) is 6.15. The number of hydroxylamine groups is 1. The molecule has 4 aromatic rings. The fourth-order valence-electron chi connectivity index (χ4n) is 4.13. The van der Waals surface area contributed by atoms with Crippen molar-refractivity contribution in [1.29, 1.82) is 0 Å². The Balaban J connectivity index is 1.17. The van der Waals surface area contributed by atoms with Gasteiger partial charge in [-0.25, -0.2) is 19.9 Å². The third kappa shape index (κ3) is 9.01. The summed E-state index contributed by atoms with van der Waals surface area (Å²) in [4.78, 5) is 39.5. The van der Waals surface area contributed by atoms with Gasteiger partial charge in [-0.05, 0) is 54.4 Å². The first-order valence-corrected chi connectivity index (χ1v) is 14.4. The second-order valence-corrected chi connectivity index (χ2v) is 10.7. The molecule has 1 N–H and O–H groups in total. The Morgan fingerprint density at radius 2 is 1.74 bits per heavy atom. The lowest BCUT2D eigenvalue weighted by atomic mass is 10.1. The number of carbonyl (C=O) groups excluding carboxylic acids is 2. The largest absolute Gasteiger partial charge is 0.573 e. The lowest BCUT2D eigenvalue weighted by molar-refractivity contribution is -0.274. The molecule has 246 valence electrons. The molecule has 2 heterocycles. The number of nitrogens with zero attached hydrogens (tertiary/aromatic N) is 5. The van der Waals surface area contributed by atoms with Crippen molar-refractivity contribution in [3.63, 3.8) is 0 Å². The van der Waals surface area contributed by atoms with Gasteiger partial charge >= 0.3 is 18.6 Å². The number of aromatic nitrogens is 3. The molecule has 3 aromatic carbocycles. The Kier molecular flexibility index (Phi) is 9.71. The van der Waals surface area contributed by atoms with Gasteiger partial charge in [0.25, 0.3) is 0 Å². The zero-order valence-electron chi connectivity index (χ0n) is 24.0. The van der Waals surface area contributed by atoms with Gasteiger partial charge in [-0.3, -0.25) is 14.5 Å². The number of rotatable bonds is 9. The van der Waals surface area contributed by atoms with Crippen molar-refractivity contribution in [2.75, 3.05) is 17.3 Å². The van der Waals surface area contributed by atoms with Gasteiger partial charge in [-0.1, -0.05) is 42.1 Å². The Hall–Kier alpha value is -5.10. The van der Waals surface area contributed by atoms with Crippen LogP contribution < -0.4 is 19.9 Å². The predicted molar refractivity (Wildman–Crippen MR) is 157 cm³/mol. The highest BCUT2D eigenvalue weighted by Crippen LogP contribution is 2.36. The number of benzene rings is 3. The van der Waals surface area contributed by atoms with Crippen molar-refractivity contribution >= 4 is 34.6 Å². The van der Waals surface area contributed by atoms with Gasteiger partial charge in [-0.15, -0.1) is 18.3 Å². The molecule has 1 aromatic heterocycles. The van der Waals surface area contributed by atoms with E-state index >= 15 is 0 Å². The molecule has 0 aliphatic carbocycles. The number of urea groups is 1. The molecule has 1 aliphatic heterocycles. The van der Waals surface area contributed by atoms with Crippen molar-refractivity contribution in [3.8, 4) is 28.6 Å². The molecule has 0 spiro atoms. The van der Waals surface area contributed by atoms with Gasteiger partial charge < -0.3 is 9.47 Å². The zero-order chi connectivity index (χ0) is 33.8. The van der Waals surface area contributed by atoms with E-state index in [0.717, 1.165) is 28.8 Å². The summed E-state index contributed by atoms with van der Waals surface area (Å²) in [6.45, 7) is 0.0378. The summed E-state index contributed by atoms with van der Waals surface area (Å²) in [5.41, 5.74) is 4.52. The maximum absolute atomic E-state index is 12.8. The van der Waals surface area contributed by atoms with Crippen LogP contribution in [0.15, 0.2) is 78.0 Å². The number of halogens is 6. The number of alkyl halides is 6. The lowest BCUT2D eigenvalue weighted by Gasteiger charge is -2.21. The van der Waals surface area contributed by atoms with Crippen LogP contribution in [0.3, 0.4) is 0 Å². The molecule has 1 aliphatic rings. The Labute approximate surface area is 266 Å². The van der Waals surface area contributed by atoms with Gasteiger partial charge in [0.05, 0.1) is 23.7 Å². The summed E-state index contributed by atoms with van der Waals surface area (Å²) >= 11 is 0.924. The Bertz CT molecular complexity index is 1780. The standard InChI is InChI=1S/C29H22F6N6O5S/c1-17-2-11-23(44-15-28(30,31)32)22(12-17)41-24(42)14-47-27(41)37-26(43)39-45-13-18-3-5-19(6-4-18)25-36-16-40(38-25)20-7-9-21(10-8-20)46-29(33,34)35/h2-12,16H,13-15H2,1H3,(H,39,43).